The first-order valence-corrected chi connectivity index (χ1v) is 7.83. The summed E-state index contributed by atoms with van der Waals surface area (Å²) in [6.45, 7) is 5.70. The molecule has 23 heavy (non-hydrogen) atoms. The summed E-state index contributed by atoms with van der Waals surface area (Å²) in [5.74, 6) is -0.823. The topological polar surface area (TPSA) is 77.4 Å². The second-order valence-electron chi connectivity index (χ2n) is 4.98. The smallest absolute Gasteiger partial charge is 0.404 e. The van der Waals surface area contributed by atoms with Gasteiger partial charge in [0.25, 0.3) is 0 Å². The van der Waals surface area contributed by atoms with Gasteiger partial charge in [0, 0.05) is 18.8 Å². The van der Waals surface area contributed by atoms with E-state index in [0.717, 1.165) is 13.3 Å². The molecule has 1 aromatic heterocycles. The number of esters is 1. The van der Waals surface area contributed by atoms with Gasteiger partial charge >= 0.3 is 12.1 Å². The van der Waals surface area contributed by atoms with Crippen molar-refractivity contribution >= 4 is 21.6 Å². The summed E-state index contributed by atoms with van der Waals surface area (Å²) >= 11 is 0. The van der Waals surface area contributed by atoms with E-state index in [2.05, 4.69) is 11.3 Å². The summed E-state index contributed by atoms with van der Waals surface area (Å²) in [4.78, 5) is 11.3. The first-order valence-electron chi connectivity index (χ1n) is 6.35. The van der Waals surface area contributed by atoms with Crippen molar-refractivity contribution in [3.63, 3.8) is 0 Å². The standard InChI is InChI=1S/C13H17F3N2O4S/c1-7(2)10-9(6-18(4)11(10)12(19)22-5)23(20,21)17-8(3)13(14,15)16/h6,8,17H,1H2,2-5H3/t8-/m1/s1. The van der Waals surface area contributed by atoms with Gasteiger partial charge in [-0.1, -0.05) is 6.58 Å². The molecule has 6 nitrogen and oxygen atoms in total. The van der Waals surface area contributed by atoms with Gasteiger partial charge in [-0.25, -0.2) is 13.2 Å². The molecule has 0 bridgehead atoms. The van der Waals surface area contributed by atoms with Gasteiger partial charge < -0.3 is 9.30 Å². The van der Waals surface area contributed by atoms with Crippen molar-refractivity contribution in [2.45, 2.75) is 31.0 Å². The minimum Gasteiger partial charge on any atom is -0.464 e. The van der Waals surface area contributed by atoms with E-state index < -0.39 is 33.1 Å². The highest BCUT2D eigenvalue weighted by Gasteiger charge is 2.40. The molecule has 0 fully saturated rings. The maximum atomic E-state index is 12.6. The zero-order chi connectivity index (χ0) is 18.2. The summed E-state index contributed by atoms with van der Waals surface area (Å²) in [6, 6.07) is -2.28. The quantitative estimate of drug-likeness (QED) is 0.822. The molecule has 0 aliphatic rings. The molecule has 1 heterocycles. The number of nitrogens with one attached hydrogen (secondary N) is 1. The van der Waals surface area contributed by atoms with Gasteiger partial charge in [-0.05, 0) is 19.4 Å². The lowest BCUT2D eigenvalue weighted by atomic mass is 10.1. The Bertz CT molecular complexity index is 735. The van der Waals surface area contributed by atoms with E-state index in [4.69, 9.17) is 0 Å². The number of allylic oxidation sites excluding steroid dienone is 1. The van der Waals surface area contributed by atoms with Crippen molar-refractivity contribution in [2.75, 3.05) is 7.11 Å². The second-order valence-corrected chi connectivity index (χ2v) is 6.67. The number of carbonyl (C=O) groups is 1. The Hall–Kier alpha value is -1.81. The number of halogens is 3. The summed E-state index contributed by atoms with van der Waals surface area (Å²) in [6.07, 6.45) is -3.70. The van der Waals surface area contributed by atoms with Crippen molar-refractivity contribution in [1.82, 2.24) is 9.29 Å². The van der Waals surface area contributed by atoms with Crippen LogP contribution in [-0.4, -0.2) is 38.3 Å². The molecule has 0 unspecified atom stereocenters. The molecule has 0 saturated carbocycles. The predicted octanol–water partition coefficient (Wildman–Crippen LogP) is 2.07. The molecule has 1 atom stereocenters. The van der Waals surface area contributed by atoms with Crippen LogP contribution in [0.15, 0.2) is 17.7 Å². The highest BCUT2D eigenvalue weighted by molar-refractivity contribution is 7.89. The molecule has 0 saturated heterocycles. The Balaban J connectivity index is 3.49. The van der Waals surface area contributed by atoms with Crippen LogP contribution in [0.5, 0.6) is 0 Å². The lowest BCUT2D eigenvalue weighted by Gasteiger charge is -2.17. The van der Waals surface area contributed by atoms with E-state index in [1.54, 1.807) is 4.72 Å². The van der Waals surface area contributed by atoms with Gasteiger partial charge in [0.2, 0.25) is 10.0 Å². The van der Waals surface area contributed by atoms with Crippen molar-refractivity contribution in [3.05, 3.63) is 24.0 Å². The second kappa shape index (κ2) is 6.36. The number of alkyl halides is 3. The van der Waals surface area contributed by atoms with E-state index in [-0.39, 0.29) is 16.8 Å². The van der Waals surface area contributed by atoms with E-state index in [1.807, 2.05) is 0 Å². The summed E-state index contributed by atoms with van der Waals surface area (Å²) in [7, 11) is -2.03. The predicted molar refractivity (Wildman–Crippen MR) is 77.3 cm³/mol. The largest absolute Gasteiger partial charge is 0.464 e. The van der Waals surface area contributed by atoms with Gasteiger partial charge in [0.15, 0.2) is 0 Å². The fourth-order valence-electron chi connectivity index (χ4n) is 1.92. The molecule has 1 N–H and O–H groups in total. The zero-order valence-corrected chi connectivity index (χ0v) is 13.8. The lowest BCUT2D eigenvalue weighted by Crippen LogP contribution is -2.43. The summed E-state index contributed by atoms with van der Waals surface area (Å²) in [5, 5.41) is 0. The zero-order valence-electron chi connectivity index (χ0n) is 13.0. The third-order valence-corrected chi connectivity index (χ3v) is 4.62. The number of carbonyl (C=O) groups excluding carboxylic acids is 1. The number of hydrogen-bond acceptors (Lipinski definition) is 4. The van der Waals surface area contributed by atoms with E-state index in [9.17, 15) is 26.4 Å². The van der Waals surface area contributed by atoms with Crippen LogP contribution in [0.4, 0.5) is 13.2 Å². The number of aryl methyl sites for hydroxylation is 1. The molecule has 0 amide bonds. The van der Waals surface area contributed by atoms with Gasteiger partial charge in [-0.3, -0.25) is 0 Å². The Labute approximate surface area is 132 Å². The minimum atomic E-state index is -4.74. The molecule has 1 rings (SSSR count). The number of rotatable bonds is 5. The Morgan fingerprint density at radius 2 is 1.96 bits per heavy atom. The Kier molecular flexibility index (Phi) is 5.32. The van der Waals surface area contributed by atoms with E-state index in [0.29, 0.717) is 6.92 Å². The van der Waals surface area contributed by atoms with Crippen LogP contribution in [0.3, 0.4) is 0 Å². The number of aromatic nitrogens is 1. The number of ether oxygens (including phenoxy) is 1. The third-order valence-electron chi connectivity index (χ3n) is 3.06. The van der Waals surface area contributed by atoms with Crippen LogP contribution in [0, 0.1) is 0 Å². The highest BCUT2D eigenvalue weighted by Crippen LogP contribution is 2.29. The number of hydrogen-bond donors (Lipinski definition) is 1. The van der Waals surface area contributed by atoms with E-state index in [1.165, 1.54) is 18.5 Å². The molecule has 0 radical (unpaired) electrons. The Morgan fingerprint density at radius 1 is 1.43 bits per heavy atom. The molecule has 130 valence electrons. The fraction of sp³-hybridized carbons (Fsp3) is 0.462. The van der Waals surface area contributed by atoms with Crippen LogP contribution in [-0.2, 0) is 21.8 Å². The molecule has 10 heteroatoms. The fourth-order valence-corrected chi connectivity index (χ4v) is 3.48. The number of nitrogens with zero attached hydrogens (tertiary/aromatic N) is 1. The van der Waals surface area contributed by atoms with Gasteiger partial charge in [-0.2, -0.15) is 17.9 Å². The molecule has 0 aromatic carbocycles. The molecule has 0 aliphatic carbocycles. The van der Waals surface area contributed by atoms with Gasteiger partial charge in [-0.15, -0.1) is 0 Å². The van der Waals surface area contributed by atoms with Gasteiger partial charge in [0.05, 0.1) is 7.11 Å². The Morgan fingerprint density at radius 3 is 2.35 bits per heavy atom. The van der Waals surface area contributed by atoms with Crippen LogP contribution >= 0.6 is 0 Å². The molecular weight excluding hydrogens is 337 g/mol. The molecular formula is C13H17F3N2O4S. The van der Waals surface area contributed by atoms with Crippen molar-refractivity contribution in [2.24, 2.45) is 7.05 Å². The SMILES string of the molecule is C=C(C)c1c(S(=O)(=O)N[C@H](C)C(F)(F)F)cn(C)c1C(=O)OC. The van der Waals surface area contributed by atoms with Crippen LogP contribution < -0.4 is 4.72 Å². The van der Waals surface area contributed by atoms with Crippen molar-refractivity contribution in [1.29, 1.82) is 0 Å². The highest BCUT2D eigenvalue weighted by atomic mass is 32.2. The van der Waals surface area contributed by atoms with Crippen LogP contribution in [0.2, 0.25) is 0 Å². The molecule has 0 aliphatic heterocycles. The van der Waals surface area contributed by atoms with Crippen LogP contribution in [0.25, 0.3) is 5.57 Å². The number of sulfonamides is 1. The summed E-state index contributed by atoms with van der Waals surface area (Å²) < 4.78 is 69.6. The average molecular weight is 354 g/mol. The maximum absolute atomic E-state index is 12.6. The maximum Gasteiger partial charge on any atom is 0.404 e. The monoisotopic (exact) mass is 354 g/mol. The molecule has 0 spiro atoms. The first-order chi connectivity index (χ1) is 10.3. The third kappa shape index (κ3) is 3.94. The summed E-state index contributed by atoms with van der Waals surface area (Å²) in [5.41, 5.74) is 0.00676. The van der Waals surface area contributed by atoms with Crippen LogP contribution in [0.1, 0.15) is 29.9 Å². The normalized spacial score (nSPS) is 13.7. The van der Waals surface area contributed by atoms with Crippen molar-refractivity contribution in [3.8, 4) is 0 Å². The average Bonchev–Trinajstić information content (AvgIpc) is 2.74. The van der Waals surface area contributed by atoms with E-state index >= 15 is 0 Å². The minimum absolute atomic E-state index is 0.0822. The first kappa shape index (κ1) is 19.2. The number of methoxy groups -OCH3 is 1. The lowest BCUT2D eigenvalue weighted by molar-refractivity contribution is -0.147. The molecule has 1 aromatic rings. The van der Waals surface area contributed by atoms with Gasteiger partial charge in [0.1, 0.15) is 16.6 Å². The van der Waals surface area contributed by atoms with Crippen molar-refractivity contribution < 1.29 is 31.1 Å².